The molecule has 0 aromatic heterocycles. The van der Waals surface area contributed by atoms with Crippen LogP contribution in [0.15, 0.2) is 35.3 Å². The number of esters is 1. The number of hydrogen-bond donors (Lipinski definition) is 0. The van der Waals surface area contributed by atoms with Gasteiger partial charge in [-0.3, -0.25) is 9.59 Å². The SMILES string of the molecule is C/C=C(\C)C1=COC(=O)[C@@](C)(CC)C(=O)/C1=C/OC. The molecule has 4 nitrogen and oxygen atoms in total. The summed E-state index contributed by atoms with van der Waals surface area (Å²) in [7, 11) is 1.47. The summed E-state index contributed by atoms with van der Waals surface area (Å²) in [5.74, 6) is -0.798. The van der Waals surface area contributed by atoms with Gasteiger partial charge >= 0.3 is 5.97 Å². The van der Waals surface area contributed by atoms with Gasteiger partial charge in [-0.1, -0.05) is 13.0 Å². The van der Waals surface area contributed by atoms with E-state index in [0.717, 1.165) is 5.57 Å². The summed E-state index contributed by atoms with van der Waals surface area (Å²) in [6, 6.07) is 0. The lowest BCUT2D eigenvalue weighted by Gasteiger charge is -2.22. The maximum atomic E-state index is 12.6. The lowest BCUT2D eigenvalue weighted by atomic mass is 9.78. The smallest absolute Gasteiger partial charge is 0.324 e. The molecular formula is C15H20O4. The lowest BCUT2D eigenvalue weighted by molar-refractivity contribution is -0.152. The Morgan fingerprint density at radius 3 is 2.58 bits per heavy atom. The van der Waals surface area contributed by atoms with Crippen LogP contribution in [-0.2, 0) is 19.1 Å². The van der Waals surface area contributed by atoms with Gasteiger partial charge in [0.1, 0.15) is 11.7 Å². The fourth-order valence-corrected chi connectivity index (χ4v) is 1.82. The molecular weight excluding hydrogens is 244 g/mol. The van der Waals surface area contributed by atoms with Crippen molar-refractivity contribution in [3.8, 4) is 0 Å². The Balaban J connectivity index is 3.43. The van der Waals surface area contributed by atoms with Crippen LogP contribution in [0.5, 0.6) is 0 Å². The van der Waals surface area contributed by atoms with Gasteiger partial charge in [-0.15, -0.1) is 0 Å². The minimum atomic E-state index is -1.17. The highest BCUT2D eigenvalue weighted by molar-refractivity contribution is 6.15. The number of allylic oxidation sites excluding steroid dienone is 4. The second kappa shape index (κ2) is 5.87. The molecule has 1 rings (SSSR count). The summed E-state index contributed by atoms with van der Waals surface area (Å²) in [6.45, 7) is 7.10. The van der Waals surface area contributed by atoms with Gasteiger partial charge in [0, 0.05) is 5.57 Å². The minimum Gasteiger partial charge on any atom is -0.504 e. The van der Waals surface area contributed by atoms with Crippen molar-refractivity contribution in [1.82, 2.24) is 0 Å². The second-order valence-electron chi connectivity index (χ2n) is 4.69. The monoisotopic (exact) mass is 264 g/mol. The maximum Gasteiger partial charge on any atom is 0.324 e. The summed E-state index contributed by atoms with van der Waals surface area (Å²) in [5.41, 5.74) is 0.634. The number of carbonyl (C=O) groups is 2. The summed E-state index contributed by atoms with van der Waals surface area (Å²) in [6.07, 6.45) is 4.94. The number of hydrogen-bond acceptors (Lipinski definition) is 4. The largest absolute Gasteiger partial charge is 0.504 e. The predicted octanol–water partition coefficient (Wildman–Crippen LogP) is 2.91. The third kappa shape index (κ3) is 2.62. The van der Waals surface area contributed by atoms with Crippen LogP contribution < -0.4 is 0 Å². The Hall–Kier alpha value is -1.84. The number of carbonyl (C=O) groups excluding carboxylic acids is 2. The van der Waals surface area contributed by atoms with Gasteiger partial charge < -0.3 is 9.47 Å². The van der Waals surface area contributed by atoms with Crippen molar-refractivity contribution in [3.63, 3.8) is 0 Å². The first-order chi connectivity index (χ1) is 8.92. The van der Waals surface area contributed by atoms with Crippen molar-refractivity contribution in [2.24, 2.45) is 5.41 Å². The normalized spacial score (nSPS) is 26.9. The average Bonchev–Trinajstić information content (AvgIpc) is 2.51. The van der Waals surface area contributed by atoms with Crippen molar-refractivity contribution >= 4 is 11.8 Å². The number of methoxy groups -OCH3 is 1. The molecule has 0 aromatic rings. The molecule has 4 heteroatoms. The van der Waals surface area contributed by atoms with Gasteiger partial charge in [0.05, 0.1) is 18.9 Å². The molecule has 0 N–H and O–H groups in total. The van der Waals surface area contributed by atoms with E-state index in [2.05, 4.69) is 0 Å². The maximum absolute atomic E-state index is 12.6. The third-order valence-electron chi connectivity index (χ3n) is 3.57. The van der Waals surface area contributed by atoms with E-state index < -0.39 is 11.4 Å². The molecule has 0 spiro atoms. The topological polar surface area (TPSA) is 52.6 Å². The fourth-order valence-electron chi connectivity index (χ4n) is 1.82. The molecule has 1 heterocycles. The minimum absolute atomic E-state index is 0.271. The van der Waals surface area contributed by atoms with Crippen LogP contribution in [0.3, 0.4) is 0 Å². The molecule has 0 bridgehead atoms. The van der Waals surface area contributed by atoms with Crippen LogP contribution in [0.25, 0.3) is 0 Å². The first kappa shape index (κ1) is 15.2. The summed E-state index contributed by atoms with van der Waals surface area (Å²) >= 11 is 0. The second-order valence-corrected chi connectivity index (χ2v) is 4.69. The summed E-state index contributed by atoms with van der Waals surface area (Å²) < 4.78 is 10.1. The Kier molecular flexibility index (Phi) is 4.70. The third-order valence-corrected chi connectivity index (χ3v) is 3.57. The molecule has 19 heavy (non-hydrogen) atoms. The van der Waals surface area contributed by atoms with Gasteiger partial charge in [-0.25, -0.2) is 0 Å². The number of ether oxygens (including phenoxy) is 2. The molecule has 104 valence electrons. The van der Waals surface area contributed by atoms with E-state index in [0.29, 0.717) is 17.6 Å². The molecule has 0 aromatic carbocycles. The molecule has 1 aliphatic rings. The lowest BCUT2D eigenvalue weighted by Crippen LogP contribution is -2.36. The quantitative estimate of drug-likeness (QED) is 0.340. The molecule has 0 radical (unpaired) electrons. The molecule has 0 saturated heterocycles. The van der Waals surface area contributed by atoms with Crippen molar-refractivity contribution in [2.75, 3.05) is 7.11 Å². The predicted molar refractivity (Wildman–Crippen MR) is 72.1 cm³/mol. The van der Waals surface area contributed by atoms with E-state index in [1.54, 1.807) is 13.8 Å². The van der Waals surface area contributed by atoms with E-state index in [9.17, 15) is 9.59 Å². The van der Waals surface area contributed by atoms with Gasteiger partial charge in [0.25, 0.3) is 0 Å². The number of ketones is 1. The van der Waals surface area contributed by atoms with Crippen LogP contribution in [0.2, 0.25) is 0 Å². The van der Waals surface area contributed by atoms with Crippen LogP contribution in [0.1, 0.15) is 34.1 Å². The van der Waals surface area contributed by atoms with E-state index in [1.807, 2.05) is 19.9 Å². The summed E-state index contributed by atoms with van der Waals surface area (Å²) in [4.78, 5) is 24.6. The van der Waals surface area contributed by atoms with Crippen LogP contribution >= 0.6 is 0 Å². The Morgan fingerprint density at radius 1 is 1.47 bits per heavy atom. The van der Waals surface area contributed by atoms with Gasteiger partial charge in [-0.2, -0.15) is 0 Å². The van der Waals surface area contributed by atoms with Gasteiger partial charge in [-0.05, 0) is 32.8 Å². The van der Waals surface area contributed by atoms with Crippen LogP contribution in [0.4, 0.5) is 0 Å². The highest BCUT2D eigenvalue weighted by Gasteiger charge is 2.45. The zero-order valence-corrected chi connectivity index (χ0v) is 12.1. The number of Topliss-reactive ketones (excluding diaryl/α,β-unsaturated/α-hetero) is 1. The van der Waals surface area contributed by atoms with Crippen molar-refractivity contribution in [2.45, 2.75) is 34.1 Å². The molecule has 0 saturated carbocycles. The van der Waals surface area contributed by atoms with Crippen LogP contribution in [-0.4, -0.2) is 18.9 Å². The van der Waals surface area contributed by atoms with Gasteiger partial charge in [0.15, 0.2) is 5.78 Å². The Labute approximate surface area is 113 Å². The molecule has 1 atom stereocenters. The van der Waals surface area contributed by atoms with E-state index in [-0.39, 0.29) is 5.78 Å². The van der Waals surface area contributed by atoms with Crippen LogP contribution in [0, 0.1) is 5.41 Å². The fraction of sp³-hybridized carbons (Fsp3) is 0.467. The molecule has 0 aliphatic carbocycles. The van der Waals surface area contributed by atoms with E-state index in [4.69, 9.17) is 9.47 Å². The standard InChI is InChI=1S/C15H20O4/c1-6-10(3)11-9-19-14(17)15(4,7-2)13(16)12(11)8-18-5/h6,8-9H,7H2,1-5H3/b10-6+,12-8+/t15-/m0/s1. The Morgan fingerprint density at radius 2 is 2.11 bits per heavy atom. The van der Waals surface area contributed by atoms with Crippen molar-refractivity contribution in [1.29, 1.82) is 0 Å². The first-order valence-electron chi connectivity index (χ1n) is 6.25. The molecule has 0 fully saturated rings. The number of cyclic esters (lactones) is 1. The number of rotatable bonds is 3. The zero-order valence-electron chi connectivity index (χ0n) is 12.1. The highest BCUT2D eigenvalue weighted by Crippen LogP contribution is 2.35. The first-order valence-corrected chi connectivity index (χ1v) is 6.25. The molecule has 1 aliphatic heterocycles. The molecule has 0 unspecified atom stereocenters. The van der Waals surface area contributed by atoms with Crippen molar-refractivity contribution < 1.29 is 19.1 Å². The highest BCUT2D eigenvalue weighted by atomic mass is 16.5. The van der Waals surface area contributed by atoms with Crippen molar-refractivity contribution in [3.05, 3.63) is 35.3 Å². The van der Waals surface area contributed by atoms with E-state index >= 15 is 0 Å². The van der Waals surface area contributed by atoms with Gasteiger partial charge in [0.2, 0.25) is 0 Å². The Bertz CT molecular complexity index is 482. The summed E-state index contributed by atoms with van der Waals surface area (Å²) in [5, 5.41) is 0. The van der Waals surface area contributed by atoms with E-state index in [1.165, 1.54) is 19.6 Å². The zero-order chi connectivity index (χ0) is 14.6. The average molecular weight is 264 g/mol. The molecule has 0 amide bonds.